The molecule has 2 aliphatic heterocycles. The molecule has 3 heterocycles. The maximum absolute atomic E-state index is 13.6. The molecule has 0 aliphatic carbocycles. The van der Waals surface area contributed by atoms with E-state index in [0.29, 0.717) is 47.6 Å². The van der Waals surface area contributed by atoms with Gasteiger partial charge in [0.15, 0.2) is 0 Å². The van der Waals surface area contributed by atoms with E-state index in [2.05, 4.69) is 21.8 Å². The Morgan fingerprint density at radius 1 is 1.26 bits per heavy atom. The number of nitrogens with zero attached hydrogens (tertiary/aromatic N) is 3. The van der Waals surface area contributed by atoms with Gasteiger partial charge in [-0.2, -0.15) is 13.2 Å². The van der Waals surface area contributed by atoms with Crippen LogP contribution in [0.5, 0.6) is 0 Å². The standard InChI is InChI=1S/C27H32ClF3N4O2S/c1-15-12-22(38-4)19(25(36)33-15)13-32-26(37)23-17(3)35(21-7-5-6-20(28)24(21)23)16(2)18-8-10-34(11-9-18)14-27(29,30)31/h5-7,12,16,18-19H,8-11,13-14H2,1-4H3,(H,32,37)/t16-,19?/m1/s1. The van der Waals surface area contributed by atoms with Gasteiger partial charge in [-0.15, -0.1) is 11.8 Å². The highest BCUT2D eigenvalue weighted by molar-refractivity contribution is 8.02. The van der Waals surface area contributed by atoms with Crippen LogP contribution in [0.2, 0.25) is 5.02 Å². The molecule has 38 heavy (non-hydrogen) atoms. The fourth-order valence-corrected chi connectivity index (χ4v) is 6.71. The van der Waals surface area contributed by atoms with Crippen molar-refractivity contribution in [3.8, 4) is 0 Å². The second-order valence-electron chi connectivity index (χ2n) is 10.0. The van der Waals surface area contributed by atoms with Crippen LogP contribution in [-0.4, -0.2) is 65.6 Å². The van der Waals surface area contributed by atoms with E-state index in [9.17, 15) is 22.8 Å². The van der Waals surface area contributed by atoms with Gasteiger partial charge in [0.25, 0.3) is 11.8 Å². The van der Waals surface area contributed by atoms with Gasteiger partial charge in [-0.05, 0) is 77.1 Å². The van der Waals surface area contributed by atoms with Crippen molar-refractivity contribution in [1.29, 1.82) is 0 Å². The van der Waals surface area contributed by atoms with Crippen LogP contribution < -0.4 is 5.32 Å². The van der Waals surface area contributed by atoms with Crippen molar-refractivity contribution < 1.29 is 22.8 Å². The van der Waals surface area contributed by atoms with Crippen LogP contribution in [0.15, 0.2) is 34.2 Å². The summed E-state index contributed by atoms with van der Waals surface area (Å²) in [7, 11) is 0. The average Bonchev–Trinajstić information content (AvgIpc) is 3.15. The SMILES string of the molecule is CSC1=CC(C)=NC(=O)C1CNC(=O)c1c(C)n([C@H](C)C2CCN(CC(F)(F)F)CC2)c2cccc(Cl)c12. The van der Waals surface area contributed by atoms with Crippen molar-refractivity contribution >= 4 is 51.8 Å². The van der Waals surface area contributed by atoms with Crippen LogP contribution in [0.25, 0.3) is 10.9 Å². The van der Waals surface area contributed by atoms with Gasteiger partial charge >= 0.3 is 6.18 Å². The molecule has 0 bridgehead atoms. The van der Waals surface area contributed by atoms with Crippen LogP contribution >= 0.6 is 23.4 Å². The highest BCUT2D eigenvalue weighted by atomic mass is 35.5. The Labute approximate surface area is 229 Å². The first kappa shape index (κ1) is 28.7. The topological polar surface area (TPSA) is 66.7 Å². The van der Waals surface area contributed by atoms with Crippen molar-refractivity contribution in [3.05, 3.63) is 45.5 Å². The lowest BCUT2D eigenvalue weighted by molar-refractivity contribution is -0.149. The van der Waals surface area contributed by atoms with Crippen molar-refractivity contribution in [2.45, 2.75) is 45.8 Å². The molecule has 0 saturated carbocycles. The number of carbonyl (C=O) groups excluding carboxylic acids is 2. The second-order valence-corrected chi connectivity index (χ2v) is 11.3. The Morgan fingerprint density at radius 3 is 2.58 bits per heavy atom. The third-order valence-corrected chi connectivity index (χ3v) is 8.75. The molecular weight excluding hydrogens is 537 g/mol. The minimum atomic E-state index is -4.20. The highest BCUT2D eigenvalue weighted by Crippen LogP contribution is 2.38. The predicted molar refractivity (Wildman–Crippen MR) is 147 cm³/mol. The van der Waals surface area contributed by atoms with Gasteiger partial charge in [0, 0.05) is 34.3 Å². The first-order valence-electron chi connectivity index (χ1n) is 12.6. The Balaban J connectivity index is 1.58. The summed E-state index contributed by atoms with van der Waals surface area (Å²) in [5.74, 6) is -0.995. The number of alkyl halides is 3. The molecule has 1 saturated heterocycles. The molecule has 2 amide bonds. The Morgan fingerprint density at radius 2 is 1.95 bits per heavy atom. The van der Waals surface area contributed by atoms with E-state index in [0.717, 1.165) is 16.1 Å². The summed E-state index contributed by atoms with van der Waals surface area (Å²) >= 11 is 8.07. The number of piperidine rings is 1. The number of halogens is 4. The maximum Gasteiger partial charge on any atom is 0.401 e. The quantitative estimate of drug-likeness (QED) is 0.443. The Bertz CT molecular complexity index is 1300. The van der Waals surface area contributed by atoms with Crippen molar-refractivity contribution in [3.63, 3.8) is 0 Å². The summed E-state index contributed by atoms with van der Waals surface area (Å²) < 4.78 is 40.6. The number of aromatic nitrogens is 1. The summed E-state index contributed by atoms with van der Waals surface area (Å²) in [5.41, 5.74) is 2.64. The molecule has 2 aliphatic rings. The number of dihydropyridines is 1. The summed E-state index contributed by atoms with van der Waals surface area (Å²) in [6.45, 7) is 5.67. The molecule has 1 aromatic heterocycles. The van der Waals surface area contributed by atoms with Crippen molar-refractivity contribution in [1.82, 2.24) is 14.8 Å². The largest absolute Gasteiger partial charge is 0.401 e. The number of fused-ring (bicyclic) bond motifs is 1. The first-order chi connectivity index (χ1) is 17.9. The summed E-state index contributed by atoms with van der Waals surface area (Å²) in [5, 5.41) is 4.01. The van der Waals surface area contributed by atoms with Gasteiger partial charge in [0.2, 0.25) is 0 Å². The minimum absolute atomic E-state index is 0.0474. The Kier molecular flexibility index (Phi) is 8.64. The number of thioether (sulfide) groups is 1. The van der Waals surface area contributed by atoms with E-state index in [1.165, 1.54) is 16.7 Å². The maximum atomic E-state index is 13.6. The summed E-state index contributed by atoms with van der Waals surface area (Å²) in [4.78, 5) is 32.4. The molecule has 0 radical (unpaired) electrons. The molecule has 0 spiro atoms. The average molecular weight is 569 g/mol. The molecule has 1 N–H and O–H groups in total. The van der Waals surface area contributed by atoms with E-state index in [-0.39, 0.29) is 30.3 Å². The van der Waals surface area contributed by atoms with Crippen LogP contribution in [0.1, 0.15) is 48.8 Å². The summed E-state index contributed by atoms with van der Waals surface area (Å²) in [6, 6.07) is 5.43. The van der Waals surface area contributed by atoms with Crippen LogP contribution in [0, 0.1) is 18.8 Å². The van der Waals surface area contributed by atoms with Gasteiger partial charge in [-0.25, -0.2) is 4.99 Å². The fraction of sp³-hybridized carbons (Fsp3) is 0.519. The lowest BCUT2D eigenvalue weighted by Crippen LogP contribution is -2.41. The molecule has 2 aromatic rings. The second kappa shape index (κ2) is 11.4. The Hall–Kier alpha value is -2.30. The predicted octanol–water partition coefficient (Wildman–Crippen LogP) is 6.03. The first-order valence-corrected chi connectivity index (χ1v) is 14.2. The molecule has 1 aromatic carbocycles. The highest BCUT2D eigenvalue weighted by Gasteiger charge is 2.35. The van der Waals surface area contributed by atoms with E-state index < -0.39 is 18.6 Å². The van der Waals surface area contributed by atoms with Gasteiger partial charge < -0.3 is 9.88 Å². The number of amides is 2. The van der Waals surface area contributed by atoms with Crippen molar-refractivity contribution in [2.24, 2.45) is 16.8 Å². The smallest absolute Gasteiger partial charge is 0.351 e. The lowest BCUT2D eigenvalue weighted by atomic mass is 9.90. The number of benzene rings is 1. The van der Waals surface area contributed by atoms with Crippen molar-refractivity contribution in [2.75, 3.05) is 32.4 Å². The molecule has 1 fully saturated rings. The van der Waals surface area contributed by atoms with Gasteiger partial charge in [0.05, 0.1) is 28.6 Å². The molecule has 1 unspecified atom stereocenters. The lowest BCUT2D eigenvalue weighted by Gasteiger charge is -2.36. The third kappa shape index (κ3) is 5.97. The number of rotatable bonds is 7. The van der Waals surface area contributed by atoms with Crippen LogP contribution in [0.3, 0.4) is 0 Å². The number of hydrogen-bond acceptors (Lipinski definition) is 4. The summed E-state index contributed by atoms with van der Waals surface area (Å²) in [6.07, 6.45) is 0.806. The van der Waals surface area contributed by atoms with Crippen LogP contribution in [0.4, 0.5) is 13.2 Å². The van der Waals surface area contributed by atoms with Gasteiger partial charge in [-0.3, -0.25) is 14.5 Å². The van der Waals surface area contributed by atoms with E-state index in [1.54, 1.807) is 13.0 Å². The monoisotopic (exact) mass is 568 g/mol. The van der Waals surface area contributed by atoms with E-state index in [1.807, 2.05) is 31.4 Å². The van der Waals surface area contributed by atoms with Crippen LogP contribution in [-0.2, 0) is 4.79 Å². The zero-order valence-corrected chi connectivity index (χ0v) is 23.4. The number of nitrogens with one attached hydrogen (secondary N) is 1. The van der Waals surface area contributed by atoms with Gasteiger partial charge in [0.1, 0.15) is 0 Å². The molecular formula is C27H32ClF3N4O2S. The minimum Gasteiger partial charge on any atom is -0.351 e. The zero-order chi connectivity index (χ0) is 27.8. The molecule has 6 nitrogen and oxygen atoms in total. The molecule has 11 heteroatoms. The number of aliphatic imine (C=N–C) groups is 1. The molecule has 2 atom stereocenters. The number of carbonyl (C=O) groups is 2. The zero-order valence-electron chi connectivity index (χ0n) is 21.9. The van der Waals surface area contributed by atoms with E-state index >= 15 is 0 Å². The number of likely N-dealkylation sites (tertiary alicyclic amines) is 1. The third-order valence-electron chi connectivity index (χ3n) is 7.56. The molecule has 206 valence electrons. The normalized spacial score (nSPS) is 20.4. The molecule has 4 rings (SSSR count). The van der Waals surface area contributed by atoms with Gasteiger partial charge in [-0.1, -0.05) is 17.7 Å². The number of hydrogen-bond donors (Lipinski definition) is 1. The fourth-order valence-electron chi connectivity index (χ4n) is 5.69. The number of allylic oxidation sites excluding steroid dienone is 1. The van der Waals surface area contributed by atoms with E-state index in [4.69, 9.17) is 11.6 Å².